The van der Waals surface area contributed by atoms with Gasteiger partial charge in [0.1, 0.15) is 5.75 Å². The molecule has 3 nitrogen and oxygen atoms in total. The lowest BCUT2D eigenvalue weighted by Crippen LogP contribution is -2.32. The largest absolute Gasteiger partial charge is 0.534 e. The lowest BCUT2D eigenvalue weighted by Gasteiger charge is -2.40. The third kappa shape index (κ3) is 2.13. The van der Waals surface area contributed by atoms with E-state index in [1.54, 1.807) is 6.07 Å². The predicted molar refractivity (Wildman–Crippen MR) is 70.6 cm³/mol. The number of aryl methyl sites for hydroxylation is 1. The Morgan fingerprint density at radius 3 is 2.38 bits per heavy atom. The molecule has 21 heavy (non-hydrogen) atoms. The molecule has 0 N–H and O–H groups in total. The Labute approximate surface area is 121 Å². The number of benzene rings is 1. The molecule has 0 radical (unpaired) electrons. The molecule has 116 valence electrons. The molecule has 3 rings (SSSR count). The van der Waals surface area contributed by atoms with Gasteiger partial charge in [0, 0.05) is 0 Å². The Bertz CT molecular complexity index is 688. The first-order valence-electron chi connectivity index (χ1n) is 6.80. The van der Waals surface area contributed by atoms with Crippen molar-refractivity contribution in [3.8, 4) is 5.75 Å². The molecule has 1 spiro atoms. The molecule has 0 heterocycles. The molecular formula is C14H15F3O3S. The SMILES string of the molecule is Cc1ccc(OS(=O)(=O)C(F)(F)F)c2c1C1(CCC1)CC2. The summed E-state index contributed by atoms with van der Waals surface area (Å²) in [6, 6.07) is 2.97. The maximum atomic E-state index is 12.5. The molecule has 1 fully saturated rings. The second-order valence-corrected chi connectivity index (χ2v) is 7.39. The van der Waals surface area contributed by atoms with E-state index in [0.717, 1.165) is 36.8 Å². The monoisotopic (exact) mass is 320 g/mol. The first kappa shape index (κ1) is 14.7. The van der Waals surface area contributed by atoms with Gasteiger partial charge >= 0.3 is 15.6 Å². The van der Waals surface area contributed by atoms with Crippen molar-refractivity contribution in [1.82, 2.24) is 0 Å². The van der Waals surface area contributed by atoms with Crippen LogP contribution in [0.25, 0.3) is 0 Å². The van der Waals surface area contributed by atoms with Crippen molar-refractivity contribution in [3.63, 3.8) is 0 Å². The average Bonchev–Trinajstić information content (AvgIpc) is 2.72. The van der Waals surface area contributed by atoms with Crippen molar-refractivity contribution >= 4 is 10.1 Å². The highest BCUT2D eigenvalue weighted by Gasteiger charge is 2.50. The van der Waals surface area contributed by atoms with Crippen LogP contribution in [0.3, 0.4) is 0 Å². The fourth-order valence-corrected chi connectivity index (χ4v) is 4.06. The normalized spacial score (nSPS) is 20.2. The molecule has 2 aliphatic rings. The van der Waals surface area contributed by atoms with E-state index in [4.69, 9.17) is 0 Å². The van der Waals surface area contributed by atoms with Crippen molar-refractivity contribution in [2.75, 3.05) is 0 Å². The maximum absolute atomic E-state index is 12.5. The van der Waals surface area contributed by atoms with Crippen LogP contribution in [0.4, 0.5) is 13.2 Å². The molecule has 0 amide bonds. The van der Waals surface area contributed by atoms with Gasteiger partial charge < -0.3 is 4.18 Å². The van der Waals surface area contributed by atoms with Gasteiger partial charge in [-0.3, -0.25) is 0 Å². The van der Waals surface area contributed by atoms with Crippen LogP contribution in [0.2, 0.25) is 0 Å². The number of rotatable bonds is 2. The molecule has 0 aromatic heterocycles. The van der Waals surface area contributed by atoms with Crippen LogP contribution in [-0.2, 0) is 22.0 Å². The van der Waals surface area contributed by atoms with Gasteiger partial charge in [-0.05, 0) is 60.8 Å². The van der Waals surface area contributed by atoms with E-state index in [-0.39, 0.29) is 11.2 Å². The molecule has 1 aromatic rings. The first-order valence-corrected chi connectivity index (χ1v) is 8.21. The Morgan fingerprint density at radius 2 is 1.86 bits per heavy atom. The second-order valence-electron chi connectivity index (χ2n) is 5.85. The molecule has 0 atom stereocenters. The number of halogens is 3. The van der Waals surface area contributed by atoms with Gasteiger partial charge in [-0.15, -0.1) is 0 Å². The van der Waals surface area contributed by atoms with Gasteiger partial charge in [0.15, 0.2) is 0 Å². The summed E-state index contributed by atoms with van der Waals surface area (Å²) < 4.78 is 64.2. The number of fused-ring (bicyclic) bond motifs is 2. The zero-order chi connectivity index (χ0) is 15.5. The zero-order valence-electron chi connectivity index (χ0n) is 11.5. The molecule has 0 bridgehead atoms. The first-order chi connectivity index (χ1) is 9.66. The average molecular weight is 320 g/mol. The second kappa shape index (κ2) is 4.38. The van der Waals surface area contributed by atoms with Crippen LogP contribution in [0.15, 0.2) is 12.1 Å². The molecule has 7 heteroatoms. The summed E-state index contributed by atoms with van der Waals surface area (Å²) in [5.41, 5.74) is -2.75. The van der Waals surface area contributed by atoms with Crippen LogP contribution >= 0.6 is 0 Å². The molecule has 0 aliphatic heterocycles. The molecule has 0 saturated heterocycles. The smallest absolute Gasteiger partial charge is 0.376 e. The molecule has 1 aromatic carbocycles. The van der Waals surface area contributed by atoms with Gasteiger partial charge in [-0.1, -0.05) is 12.5 Å². The molecular weight excluding hydrogens is 305 g/mol. The van der Waals surface area contributed by atoms with E-state index < -0.39 is 15.6 Å². The Balaban J connectivity index is 2.04. The number of alkyl halides is 3. The highest BCUT2D eigenvalue weighted by atomic mass is 32.2. The van der Waals surface area contributed by atoms with Crippen molar-refractivity contribution in [2.24, 2.45) is 0 Å². The lowest BCUT2D eigenvalue weighted by molar-refractivity contribution is -0.0500. The minimum absolute atomic E-state index is 0.0286. The highest BCUT2D eigenvalue weighted by Crippen LogP contribution is 2.55. The summed E-state index contributed by atoms with van der Waals surface area (Å²) >= 11 is 0. The van der Waals surface area contributed by atoms with Gasteiger partial charge in [0.2, 0.25) is 0 Å². The van der Waals surface area contributed by atoms with Crippen LogP contribution in [0, 0.1) is 6.92 Å². The Kier molecular flexibility index (Phi) is 3.06. The lowest BCUT2D eigenvalue weighted by atomic mass is 9.64. The minimum atomic E-state index is -5.61. The van der Waals surface area contributed by atoms with E-state index in [1.165, 1.54) is 6.07 Å². The maximum Gasteiger partial charge on any atom is 0.534 e. The topological polar surface area (TPSA) is 43.4 Å². The van der Waals surface area contributed by atoms with Crippen LogP contribution < -0.4 is 4.18 Å². The molecule has 1 saturated carbocycles. The summed E-state index contributed by atoms with van der Waals surface area (Å²) in [6.45, 7) is 1.91. The van der Waals surface area contributed by atoms with E-state index in [2.05, 4.69) is 4.18 Å². The van der Waals surface area contributed by atoms with Crippen molar-refractivity contribution in [1.29, 1.82) is 0 Å². The molecule has 0 unspecified atom stereocenters. The van der Waals surface area contributed by atoms with Crippen molar-refractivity contribution < 1.29 is 25.8 Å². The van der Waals surface area contributed by atoms with Crippen LogP contribution in [-0.4, -0.2) is 13.9 Å². The number of hydrogen-bond donors (Lipinski definition) is 0. The summed E-state index contributed by atoms with van der Waals surface area (Å²) in [5, 5.41) is 0. The third-order valence-electron chi connectivity index (χ3n) is 4.66. The van der Waals surface area contributed by atoms with Gasteiger partial charge in [0.25, 0.3) is 0 Å². The van der Waals surface area contributed by atoms with Gasteiger partial charge in [-0.25, -0.2) is 0 Å². The van der Waals surface area contributed by atoms with Crippen molar-refractivity contribution in [2.45, 2.75) is 50.0 Å². The van der Waals surface area contributed by atoms with E-state index in [0.29, 0.717) is 12.0 Å². The summed E-state index contributed by atoms with van der Waals surface area (Å²) in [7, 11) is -5.61. The van der Waals surface area contributed by atoms with Gasteiger partial charge in [0.05, 0.1) is 0 Å². The fourth-order valence-electron chi connectivity index (χ4n) is 3.57. The van der Waals surface area contributed by atoms with Crippen LogP contribution in [0.1, 0.15) is 42.4 Å². The Morgan fingerprint density at radius 1 is 1.19 bits per heavy atom. The predicted octanol–water partition coefficient (Wildman–Crippen LogP) is 3.59. The Hall–Kier alpha value is -1.24. The number of hydrogen-bond acceptors (Lipinski definition) is 3. The van der Waals surface area contributed by atoms with Gasteiger partial charge in [-0.2, -0.15) is 21.6 Å². The van der Waals surface area contributed by atoms with Crippen LogP contribution in [0.5, 0.6) is 5.75 Å². The van der Waals surface area contributed by atoms with E-state index >= 15 is 0 Å². The third-order valence-corrected chi connectivity index (χ3v) is 5.62. The minimum Gasteiger partial charge on any atom is -0.376 e. The zero-order valence-corrected chi connectivity index (χ0v) is 12.3. The quantitative estimate of drug-likeness (QED) is 0.618. The van der Waals surface area contributed by atoms with E-state index in [1.807, 2.05) is 6.92 Å². The van der Waals surface area contributed by atoms with Crippen molar-refractivity contribution in [3.05, 3.63) is 28.8 Å². The summed E-state index contributed by atoms with van der Waals surface area (Å²) in [6.07, 6.45) is 4.55. The van der Waals surface area contributed by atoms with E-state index in [9.17, 15) is 21.6 Å². The molecule has 2 aliphatic carbocycles. The summed E-state index contributed by atoms with van der Waals surface area (Å²) in [4.78, 5) is 0. The highest BCUT2D eigenvalue weighted by molar-refractivity contribution is 7.88. The summed E-state index contributed by atoms with van der Waals surface area (Å²) in [5.74, 6) is -0.170. The standard InChI is InChI=1S/C14H15F3O3S/c1-9-3-4-11(20-21(18,19)14(15,16)17)10-5-8-13(12(9)10)6-2-7-13/h3-4H,2,5-8H2,1H3. The fraction of sp³-hybridized carbons (Fsp3) is 0.571.